The number of hydrogen-bond donors (Lipinski definition) is 0. The van der Waals surface area contributed by atoms with E-state index >= 15 is 0 Å². The van der Waals surface area contributed by atoms with Gasteiger partial charge in [-0.15, -0.1) is 0 Å². The fraction of sp³-hybridized carbons (Fsp3) is 0.600. The van der Waals surface area contributed by atoms with Crippen LogP contribution in [0.2, 0.25) is 0 Å². The number of hydrogen-bond acceptors (Lipinski definition) is 3. The van der Waals surface area contributed by atoms with Crippen LogP contribution in [0.5, 0.6) is 0 Å². The summed E-state index contributed by atoms with van der Waals surface area (Å²) in [6, 6.07) is 4.07. The van der Waals surface area contributed by atoms with E-state index in [1.54, 1.807) is 12.3 Å². The smallest absolute Gasteiger partial charge is 0.101 e. The summed E-state index contributed by atoms with van der Waals surface area (Å²) in [7, 11) is 0. The average Bonchev–Trinajstić information content (AvgIpc) is 2.64. The molecule has 0 saturated carbocycles. The van der Waals surface area contributed by atoms with Crippen molar-refractivity contribution in [1.29, 1.82) is 5.26 Å². The maximum absolute atomic E-state index is 9.16. The van der Waals surface area contributed by atoms with Gasteiger partial charge in [-0.25, -0.2) is 0 Å². The molecule has 1 aliphatic heterocycles. The molecule has 96 valence electrons. The number of nitriles is 1. The maximum atomic E-state index is 9.16. The number of anilines is 1. The first-order chi connectivity index (χ1) is 8.72. The maximum Gasteiger partial charge on any atom is 0.101 e. The van der Waals surface area contributed by atoms with Gasteiger partial charge in [-0.2, -0.15) is 5.26 Å². The Hall–Kier alpha value is -1.56. The molecule has 2 heterocycles. The summed E-state index contributed by atoms with van der Waals surface area (Å²) in [5.41, 5.74) is 1.75. The largest absolute Gasteiger partial charge is 0.369 e. The van der Waals surface area contributed by atoms with Gasteiger partial charge in [0.05, 0.1) is 17.4 Å². The Kier molecular flexibility index (Phi) is 4.19. The van der Waals surface area contributed by atoms with Gasteiger partial charge >= 0.3 is 0 Å². The van der Waals surface area contributed by atoms with Crippen LogP contribution in [0.15, 0.2) is 18.5 Å². The van der Waals surface area contributed by atoms with Crippen LogP contribution in [0.1, 0.15) is 38.7 Å². The molecule has 0 N–H and O–H groups in total. The molecular weight excluding hydrogens is 222 g/mol. The van der Waals surface area contributed by atoms with Gasteiger partial charge in [0.1, 0.15) is 6.07 Å². The Morgan fingerprint density at radius 3 is 2.94 bits per heavy atom. The zero-order valence-electron chi connectivity index (χ0n) is 11.3. The molecule has 0 radical (unpaired) electrons. The van der Waals surface area contributed by atoms with E-state index in [4.69, 9.17) is 5.26 Å². The van der Waals surface area contributed by atoms with Crippen molar-refractivity contribution >= 4 is 5.69 Å². The fourth-order valence-electron chi connectivity index (χ4n) is 2.76. The molecule has 1 aromatic rings. The van der Waals surface area contributed by atoms with Crippen molar-refractivity contribution in [3.8, 4) is 6.07 Å². The van der Waals surface area contributed by atoms with Crippen LogP contribution in [0, 0.1) is 23.2 Å². The first-order valence-corrected chi connectivity index (χ1v) is 6.81. The number of aromatic nitrogens is 1. The highest BCUT2D eigenvalue weighted by atomic mass is 15.1. The highest BCUT2D eigenvalue weighted by molar-refractivity contribution is 5.57. The van der Waals surface area contributed by atoms with E-state index in [2.05, 4.69) is 29.8 Å². The first-order valence-electron chi connectivity index (χ1n) is 6.81. The summed E-state index contributed by atoms with van der Waals surface area (Å²) >= 11 is 0. The third kappa shape index (κ3) is 2.81. The van der Waals surface area contributed by atoms with Crippen molar-refractivity contribution in [3.63, 3.8) is 0 Å². The Labute approximate surface area is 109 Å². The second-order valence-corrected chi connectivity index (χ2v) is 5.43. The minimum atomic E-state index is 0.744. The Bertz CT molecular complexity index is 434. The van der Waals surface area contributed by atoms with E-state index in [0.717, 1.165) is 36.2 Å². The van der Waals surface area contributed by atoms with Crippen LogP contribution in [0.25, 0.3) is 0 Å². The third-order valence-corrected chi connectivity index (χ3v) is 3.98. The van der Waals surface area contributed by atoms with Crippen molar-refractivity contribution in [2.24, 2.45) is 11.8 Å². The molecule has 18 heavy (non-hydrogen) atoms. The van der Waals surface area contributed by atoms with Crippen LogP contribution < -0.4 is 4.90 Å². The molecule has 1 aromatic heterocycles. The van der Waals surface area contributed by atoms with E-state index in [1.807, 2.05) is 6.20 Å². The van der Waals surface area contributed by atoms with Gasteiger partial charge in [0.25, 0.3) is 0 Å². The summed E-state index contributed by atoms with van der Waals surface area (Å²) in [6.07, 6.45) is 7.25. The van der Waals surface area contributed by atoms with Crippen LogP contribution in [-0.2, 0) is 0 Å². The number of rotatable bonds is 2. The molecule has 1 saturated heterocycles. The molecule has 3 nitrogen and oxygen atoms in total. The molecule has 0 spiro atoms. The molecule has 0 aromatic carbocycles. The van der Waals surface area contributed by atoms with Gasteiger partial charge in [0.15, 0.2) is 0 Å². The average molecular weight is 243 g/mol. The highest BCUT2D eigenvalue weighted by Crippen LogP contribution is 2.28. The lowest BCUT2D eigenvalue weighted by atomic mass is 9.89. The Morgan fingerprint density at radius 2 is 2.22 bits per heavy atom. The Morgan fingerprint density at radius 1 is 1.39 bits per heavy atom. The normalized spacial score (nSPS) is 20.6. The first kappa shape index (κ1) is 12.9. The molecule has 1 unspecified atom stereocenters. The Balaban J connectivity index is 2.13. The zero-order chi connectivity index (χ0) is 13.0. The summed E-state index contributed by atoms with van der Waals surface area (Å²) < 4.78 is 0. The lowest BCUT2D eigenvalue weighted by molar-refractivity contribution is 0.351. The molecule has 1 fully saturated rings. The van der Waals surface area contributed by atoms with Crippen molar-refractivity contribution < 1.29 is 0 Å². The van der Waals surface area contributed by atoms with Gasteiger partial charge in [-0.05, 0) is 37.2 Å². The summed E-state index contributed by atoms with van der Waals surface area (Å²) in [5.74, 6) is 1.58. The van der Waals surface area contributed by atoms with E-state index in [1.165, 1.54) is 19.3 Å². The standard InChI is InChI=1S/C15H21N3/c1-12(2)13-4-3-8-18(9-6-13)15-11-17-7-5-14(15)10-16/h5,7,11-13H,3-4,6,8-9H2,1-2H3. The second kappa shape index (κ2) is 5.86. The van der Waals surface area contributed by atoms with Crippen LogP contribution in [-0.4, -0.2) is 18.1 Å². The van der Waals surface area contributed by atoms with Crippen molar-refractivity contribution in [3.05, 3.63) is 24.0 Å². The van der Waals surface area contributed by atoms with E-state index in [9.17, 15) is 0 Å². The summed E-state index contributed by atoms with van der Waals surface area (Å²) in [6.45, 7) is 6.71. The van der Waals surface area contributed by atoms with Gasteiger partial charge in [-0.1, -0.05) is 13.8 Å². The minimum Gasteiger partial charge on any atom is -0.369 e. The van der Waals surface area contributed by atoms with Crippen LogP contribution in [0.4, 0.5) is 5.69 Å². The van der Waals surface area contributed by atoms with Gasteiger partial charge in [0.2, 0.25) is 0 Å². The van der Waals surface area contributed by atoms with Gasteiger partial charge in [0, 0.05) is 19.3 Å². The zero-order valence-corrected chi connectivity index (χ0v) is 11.3. The lowest BCUT2D eigenvalue weighted by Gasteiger charge is -2.24. The predicted octanol–water partition coefficient (Wildman–Crippen LogP) is 3.22. The monoisotopic (exact) mass is 243 g/mol. The van der Waals surface area contributed by atoms with E-state index in [0.29, 0.717) is 0 Å². The SMILES string of the molecule is CC(C)C1CCCN(c2cnccc2C#N)CC1. The number of nitrogens with zero attached hydrogens (tertiary/aromatic N) is 3. The number of pyridine rings is 1. The predicted molar refractivity (Wildman–Crippen MR) is 73.3 cm³/mol. The van der Waals surface area contributed by atoms with Crippen LogP contribution in [0.3, 0.4) is 0 Å². The molecule has 3 heteroatoms. The lowest BCUT2D eigenvalue weighted by Crippen LogP contribution is -2.25. The quantitative estimate of drug-likeness (QED) is 0.800. The topological polar surface area (TPSA) is 39.9 Å². The molecule has 0 bridgehead atoms. The van der Waals surface area contributed by atoms with Gasteiger partial charge in [-0.3, -0.25) is 4.98 Å². The van der Waals surface area contributed by atoms with Crippen molar-refractivity contribution in [2.75, 3.05) is 18.0 Å². The summed E-state index contributed by atoms with van der Waals surface area (Å²) in [5, 5.41) is 9.16. The molecular formula is C15H21N3. The summed E-state index contributed by atoms with van der Waals surface area (Å²) in [4.78, 5) is 6.49. The van der Waals surface area contributed by atoms with Crippen molar-refractivity contribution in [1.82, 2.24) is 4.98 Å². The van der Waals surface area contributed by atoms with E-state index in [-0.39, 0.29) is 0 Å². The second-order valence-electron chi connectivity index (χ2n) is 5.43. The third-order valence-electron chi connectivity index (χ3n) is 3.98. The molecule has 1 aliphatic rings. The molecule has 1 atom stereocenters. The van der Waals surface area contributed by atoms with Crippen molar-refractivity contribution in [2.45, 2.75) is 33.1 Å². The van der Waals surface area contributed by atoms with Crippen LogP contribution >= 0.6 is 0 Å². The van der Waals surface area contributed by atoms with Gasteiger partial charge < -0.3 is 4.90 Å². The van der Waals surface area contributed by atoms with E-state index < -0.39 is 0 Å². The fourth-order valence-corrected chi connectivity index (χ4v) is 2.76. The minimum absolute atomic E-state index is 0.744. The highest BCUT2D eigenvalue weighted by Gasteiger charge is 2.20. The molecule has 0 aliphatic carbocycles. The molecule has 2 rings (SSSR count). The molecule has 0 amide bonds.